The number of nitrogens with zero attached hydrogens (tertiary/aromatic N) is 1. The van der Waals surface area contributed by atoms with Gasteiger partial charge in [-0.2, -0.15) is 5.26 Å². The van der Waals surface area contributed by atoms with Crippen LogP contribution in [0.2, 0.25) is 0 Å². The highest BCUT2D eigenvalue weighted by molar-refractivity contribution is 5.49. The fourth-order valence-corrected chi connectivity index (χ4v) is 2.58. The van der Waals surface area contributed by atoms with E-state index in [1.807, 2.05) is 6.07 Å². The van der Waals surface area contributed by atoms with Crippen molar-refractivity contribution in [2.45, 2.75) is 44.7 Å². The molecule has 0 bridgehead atoms. The summed E-state index contributed by atoms with van der Waals surface area (Å²) in [6.45, 7) is 3.15. The number of piperidine rings is 1. The van der Waals surface area contributed by atoms with Crippen LogP contribution in [0, 0.1) is 17.1 Å². The molecule has 4 heteroatoms. The van der Waals surface area contributed by atoms with Crippen molar-refractivity contribution in [3.8, 4) is 6.07 Å². The van der Waals surface area contributed by atoms with Crippen molar-refractivity contribution in [1.82, 2.24) is 5.32 Å². The van der Waals surface area contributed by atoms with Crippen LogP contribution < -0.4 is 10.6 Å². The minimum absolute atomic E-state index is 0.207. The van der Waals surface area contributed by atoms with Gasteiger partial charge in [-0.25, -0.2) is 4.39 Å². The van der Waals surface area contributed by atoms with Gasteiger partial charge in [-0.3, -0.25) is 0 Å². The van der Waals surface area contributed by atoms with Gasteiger partial charge in [0.25, 0.3) is 0 Å². The first-order chi connectivity index (χ1) is 9.19. The van der Waals surface area contributed by atoms with Crippen LogP contribution in [0.3, 0.4) is 0 Å². The van der Waals surface area contributed by atoms with Crippen LogP contribution in [0.5, 0.6) is 0 Å². The lowest BCUT2D eigenvalue weighted by atomic mass is 9.98. The number of nitriles is 1. The lowest BCUT2D eigenvalue weighted by molar-refractivity contribution is 0.371. The summed E-state index contributed by atoms with van der Waals surface area (Å²) in [4.78, 5) is 0. The zero-order chi connectivity index (χ0) is 13.7. The molecule has 2 N–H and O–H groups in total. The van der Waals surface area contributed by atoms with E-state index in [2.05, 4.69) is 17.6 Å². The largest absolute Gasteiger partial charge is 0.380 e. The van der Waals surface area contributed by atoms with Gasteiger partial charge in [0, 0.05) is 12.1 Å². The van der Waals surface area contributed by atoms with Gasteiger partial charge in [-0.05, 0) is 50.9 Å². The number of hydrogen-bond acceptors (Lipinski definition) is 3. The molecule has 1 aromatic rings. The van der Waals surface area contributed by atoms with Crippen molar-refractivity contribution in [2.75, 3.05) is 11.9 Å². The minimum atomic E-state index is -0.359. The van der Waals surface area contributed by atoms with Crippen LogP contribution >= 0.6 is 0 Å². The highest BCUT2D eigenvalue weighted by Crippen LogP contribution is 2.19. The van der Waals surface area contributed by atoms with Crippen molar-refractivity contribution in [1.29, 1.82) is 5.26 Å². The third kappa shape index (κ3) is 3.93. The zero-order valence-electron chi connectivity index (χ0n) is 11.2. The van der Waals surface area contributed by atoms with Crippen LogP contribution in [0.15, 0.2) is 18.2 Å². The summed E-state index contributed by atoms with van der Waals surface area (Å²) in [5.74, 6) is -0.359. The number of nitrogens with one attached hydrogen (secondary N) is 2. The van der Waals surface area contributed by atoms with Crippen molar-refractivity contribution in [2.24, 2.45) is 0 Å². The Labute approximate surface area is 113 Å². The molecular weight excluding hydrogens is 241 g/mol. The Balaban J connectivity index is 1.91. The van der Waals surface area contributed by atoms with E-state index >= 15 is 0 Å². The third-order valence-corrected chi connectivity index (χ3v) is 3.55. The van der Waals surface area contributed by atoms with Gasteiger partial charge in [0.15, 0.2) is 0 Å². The molecule has 0 amide bonds. The molecule has 0 aliphatic carbocycles. The SMILES string of the molecule is CC(CC1CCCCN1)Nc1ccc(C#N)cc1F. The van der Waals surface area contributed by atoms with Crippen LogP contribution in [0.1, 0.15) is 38.2 Å². The predicted octanol–water partition coefficient (Wildman–Crippen LogP) is 3.03. The molecule has 1 aromatic carbocycles. The second-order valence-electron chi connectivity index (χ2n) is 5.23. The molecule has 1 saturated heterocycles. The Hall–Kier alpha value is -1.60. The number of halogens is 1. The average Bonchev–Trinajstić information content (AvgIpc) is 2.42. The van der Waals surface area contributed by atoms with Gasteiger partial charge in [0.2, 0.25) is 0 Å². The lowest BCUT2D eigenvalue weighted by Crippen LogP contribution is -2.37. The molecule has 1 heterocycles. The van der Waals surface area contributed by atoms with E-state index in [4.69, 9.17) is 5.26 Å². The molecule has 0 aromatic heterocycles. The Bertz CT molecular complexity index is 461. The fraction of sp³-hybridized carbons (Fsp3) is 0.533. The topological polar surface area (TPSA) is 47.8 Å². The van der Waals surface area contributed by atoms with Crippen molar-refractivity contribution < 1.29 is 4.39 Å². The van der Waals surface area contributed by atoms with Crippen LogP contribution in [0.4, 0.5) is 10.1 Å². The molecule has 2 atom stereocenters. The minimum Gasteiger partial charge on any atom is -0.380 e. The van der Waals surface area contributed by atoms with Crippen molar-refractivity contribution >= 4 is 5.69 Å². The maximum atomic E-state index is 13.7. The van der Waals surface area contributed by atoms with Crippen molar-refractivity contribution in [3.05, 3.63) is 29.6 Å². The van der Waals surface area contributed by atoms with E-state index in [9.17, 15) is 4.39 Å². The van der Waals surface area contributed by atoms with E-state index in [-0.39, 0.29) is 11.9 Å². The zero-order valence-corrected chi connectivity index (χ0v) is 11.2. The molecule has 1 fully saturated rings. The number of hydrogen-bond donors (Lipinski definition) is 2. The second-order valence-corrected chi connectivity index (χ2v) is 5.23. The molecular formula is C15H20FN3. The highest BCUT2D eigenvalue weighted by Gasteiger charge is 2.16. The molecule has 2 unspecified atom stereocenters. The molecule has 0 spiro atoms. The number of anilines is 1. The molecule has 102 valence electrons. The molecule has 2 rings (SSSR count). The first-order valence-corrected chi connectivity index (χ1v) is 6.88. The Kier molecular flexibility index (Phi) is 4.75. The summed E-state index contributed by atoms with van der Waals surface area (Å²) < 4.78 is 13.7. The van der Waals surface area contributed by atoms with E-state index in [1.54, 1.807) is 12.1 Å². The summed E-state index contributed by atoms with van der Waals surface area (Å²) in [5, 5.41) is 15.4. The third-order valence-electron chi connectivity index (χ3n) is 3.55. The summed E-state index contributed by atoms with van der Waals surface area (Å²) >= 11 is 0. The Morgan fingerprint density at radius 3 is 3.00 bits per heavy atom. The summed E-state index contributed by atoms with van der Waals surface area (Å²) in [5.41, 5.74) is 0.826. The van der Waals surface area contributed by atoms with Crippen LogP contribution in [0.25, 0.3) is 0 Å². The summed E-state index contributed by atoms with van der Waals surface area (Å²) in [6.07, 6.45) is 4.71. The van der Waals surface area contributed by atoms with Gasteiger partial charge in [-0.15, -0.1) is 0 Å². The van der Waals surface area contributed by atoms with Gasteiger partial charge in [0.1, 0.15) is 5.82 Å². The van der Waals surface area contributed by atoms with Crippen molar-refractivity contribution in [3.63, 3.8) is 0 Å². The first kappa shape index (κ1) is 13.8. The smallest absolute Gasteiger partial charge is 0.147 e. The van der Waals surface area contributed by atoms with E-state index in [0.717, 1.165) is 13.0 Å². The molecule has 0 saturated carbocycles. The van der Waals surface area contributed by atoms with Gasteiger partial charge >= 0.3 is 0 Å². The molecule has 1 aliphatic rings. The quantitative estimate of drug-likeness (QED) is 0.875. The monoisotopic (exact) mass is 261 g/mol. The fourth-order valence-electron chi connectivity index (χ4n) is 2.58. The molecule has 1 aliphatic heterocycles. The maximum Gasteiger partial charge on any atom is 0.147 e. The van der Waals surface area contributed by atoms with Crippen LogP contribution in [-0.2, 0) is 0 Å². The summed E-state index contributed by atoms with van der Waals surface area (Å²) in [7, 11) is 0. The standard InChI is InChI=1S/C15H20FN3/c1-11(8-13-4-2-3-7-18-13)19-15-6-5-12(10-17)9-14(15)16/h5-6,9,11,13,18-19H,2-4,7-8H2,1H3. The highest BCUT2D eigenvalue weighted by atomic mass is 19.1. The average molecular weight is 261 g/mol. The normalized spacial score (nSPS) is 20.6. The van der Waals surface area contributed by atoms with Gasteiger partial charge in [-0.1, -0.05) is 6.42 Å². The second kappa shape index (κ2) is 6.53. The number of rotatable bonds is 4. The predicted molar refractivity (Wildman–Crippen MR) is 74.5 cm³/mol. The van der Waals surface area contributed by atoms with E-state index in [1.165, 1.54) is 25.3 Å². The van der Waals surface area contributed by atoms with E-state index in [0.29, 0.717) is 17.3 Å². The molecule has 3 nitrogen and oxygen atoms in total. The molecule has 0 radical (unpaired) electrons. The van der Waals surface area contributed by atoms with E-state index < -0.39 is 0 Å². The Morgan fingerprint density at radius 2 is 2.37 bits per heavy atom. The molecule has 19 heavy (non-hydrogen) atoms. The Morgan fingerprint density at radius 1 is 1.53 bits per heavy atom. The maximum absolute atomic E-state index is 13.7. The lowest BCUT2D eigenvalue weighted by Gasteiger charge is -2.27. The van der Waals surface area contributed by atoms with Gasteiger partial charge in [0.05, 0.1) is 17.3 Å². The number of benzene rings is 1. The summed E-state index contributed by atoms with van der Waals surface area (Å²) in [6, 6.07) is 7.21. The van der Waals surface area contributed by atoms with Gasteiger partial charge < -0.3 is 10.6 Å². The van der Waals surface area contributed by atoms with Crippen LogP contribution in [-0.4, -0.2) is 18.6 Å². The first-order valence-electron chi connectivity index (χ1n) is 6.88.